The molecule has 0 saturated carbocycles. The maximum absolute atomic E-state index is 5.99. The number of anilines is 1. The largest absolute Gasteiger partial charge is 0.488 e. The quantitative estimate of drug-likeness (QED) is 0.744. The van der Waals surface area contributed by atoms with Crippen LogP contribution in [-0.2, 0) is 6.61 Å². The molecule has 1 aromatic heterocycles. The van der Waals surface area contributed by atoms with Crippen molar-refractivity contribution in [1.82, 2.24) is 4.98 Å². The first-order valence-corrected chi connectivity index (χ1v) is 6.67. The highest BCUT2D eigenvalue weighted by Crippen LogP contribution is 2.30. The molecule has 0 aliphatic carbocycles. The minimum atomic E-state index is 0.394. The van der Waals surface area contributed by atoms with E-state index in [1.54, 1.807) is 13.3 Å². The van der Waals surface area contributed by atoms with E-state index in [0.717, 1.165) is 27.8 Å². The number of pyridine rings is 1. The van der Waals surface area contributed by atoms with Crippen molar-refractivity contribution in [3.63, 3.8) is 0 Å². The van der Waals surface area contributed by atoms with Gasteiger partial charge in [-0.3, -0.25) is 0 Å². The fourth-order valence-corrected chi connectivity index (χ4v) is 2.29. The van der Waals surface area contributed by atoms with Gasteiger partial charge < -0.3 is 15.2 Å². The Hall–Kier alpha value is -2.75. The molecule has 0 atom stereocenters. The number of nitrogens with two attached hydrogens (primary N) is 1. The molecule has 3 rings (SSSR count). The Bertz CT molecular complexity index is 772. The minimum Gasteiger partial charge on any atom is -0.488 e. The van der Waals surface area contributed by atoms with Crippen LogP contribution in [0.15, 0.2) is 54.7 Å². The number of aromatic nitrogens is 1. The summed E-state index contributed by atoms with van der Waals surface area (Å²) in [4.78, 5) is 4.16. The van der Waals surface area contributed by atoms with Crippen LogP contribution in [0.3, 0.4) is 0 Å². The summed E-state index contributed by atoms with van der Waals surface area (Å²) < 4.78 is 11.2. The lowest BCUT2D eigenvalue weighted by molar-refractivity contribution is 0.297. The minimum absolute atomic E-state index is 0.394. The number of methoxy groups -OCH3 is 1. The molecule has 3 aromatic rings. The zero-order valence-corrected chi connectivity index (χ0v) is 11.7. The monoisotopic (exact) mass is 280 g/mol. The van der Waals surface area contributed by atoms with Crippen molar-refractivity contribution in [3.05, 3.63) is 60.3 Å². The molecule has 106 valence electrons. The van der Waals surface area contributed by atoms with E-state index in [4.69, 9.17) is 15.2 Å². The van der Waals surface area contributed by atoms with Gasteiger partial charge in [-0.25, -0.2) is 4.98 Å². The molecule has 0 bridgehead atoms. The van der Waals surface area contributed by atoms with Crippen LogP contribution in [0.25, 0.3) is 10.8 Å². The molecule has 2 N–H and O–H groups in total. The number of nitrogens with zero attached hydrogens (tertiary/aromatic N) is 1. The van der Waals surface area contributed by atoms with Gasteiger partial charge in [-0.15, -0.1) is 0 Å². The lowest BCUT2D eigenvalue weighted by Gasteiger charge is -2.12. The molecule has 21 heavy (non-hydrogen) atoms. The van der Waals surface area contributed by atoms with Gasteiger partial charge in [0.05, 0.1) is 12.7 Å². The van der Waals surface area contributed by atoms with Crippen molar-refractivity contribution >= 4 is 16.5 Å². The topological polar surface area (TPSA) is 57.4 Å². The molecule has 0 radical (unpaired) electrons. The zero-order chi connectivity index (χ0) is 14.7. The van der Waals surface area contributed by atoms with Crippen molar-refractivity contribution in [2.45, 2.75) is 6.61 Å². The molecule has 4 heteroatoms. The first-order valence-electron chi connectivity index (χ1n) is 6.67. The van der Waals surface area contributed by atoms with Crippen LogP contribution in [0, 0.1) is 0 Å². The molecule has 4 nitrogen and oxygen atoms in total. The van der Waals surface area contributed by atoms with Gasteiger partial charge in [-0.05, 0) is 24.3 Å². The average molecular weight is 280 g/mol. The predicted molar refractivity (Wildman–Crippen MR) is 83.5 cm³/mol. The summed E-state index contributed by atoms with van der Waals surface area (Å²) in [5, 5.41) is 1.99. The second kappa shape index (κ2) is 5.71. The van der Waals surface area contributed by atoms with Gasteiger partial charge in [0.25, 0.3) is 0 Å². The van der Waals surface area contributed by atoms with Crippen LogP contribution in [0.5, 0.6) is 11.6 Å². The third-order valence-corrected chi connectivity index (χ3v) is 3.34. The summed E-state index contributed by atoms with van der Waals surface area (Å²) in [5.74, 6) is 1.38. The smallest absolute Gasteiger partial charge is 0.219 e. The Morgan fingerprint density at radius 1 is 1.00 bits per heavy atom. The van der Waals surface area contributed by atoms with Gasteiger partial charge in [0, 0.05) is 22.7 Å². The lowest BCUT2D eigenvalue weighted by Crippen LogP contribution is -2.01. The van der Waals surface area contributed by atoms with Crippen molar-refractivity contribution in [3.8, 4) is 11.6 Å². The third kappa shape index (κ3) is 2.60. The van der Waals surface area contributed by atoms with E-state index < -0.39 is 0 Å². The molecule has 1 heterocycles. The van der Waals surface area contributed by atoms with E-state index in [2.05, 4.69) is 4.98 Å². The number of nitrogen functional groups attached to an aromatic ring is 1. The van der Waals surface area contributed by atoms with Gasteiger partial charge in [0.1, 0.15) is 12.4 Å². The van der Waals surface area contributed by atoms with Crippen molar-refractivity contribution in [2.24, 2.45) is 0 Å². The predicted octanol–water partition coefficient (Wildman–Crippen LogP) is 3.40. The van der Waals surface area contributed by atoms with Gasteiger partial charge in [0.2, 0.25) is 5.88 Å². The van der Waals surface area contributed by atoms with E-state index in [-0.39, 0.29) is 0 Å². The Morgan fingerprint density at radius 2 is 1.81 bits per heavy atom. The molecule has 2 aromatic carbocycles. The summed E-state index contributed by atoms with van der Waals surface area (Å²) in [6.45, 7) is 0.394. The molecule has 0 fully saturated rings. The van der Waals surface area contributed by atoms with Crippen molar-refractivity contribution in [1.29, 1.82) is 0 Å². The van der Waals surface area contributed by atoms with Crippen molar-refractivity contribution in [2.75, 3.05) is 12.8 Å². The number of hydrogen-bond acceptors (Lipinski definition) is 4. The Kier molecular flexibility index (Phi) is 3.60. The summed E-state index contributed by atoms with van der Waals surface area (Å²) >= 11 is 0. The standard InChI is InChI=1S/C17H16N2O2/c1-20-17-12(5-4-10-19-17)11-21-16-9-8-15(18)13-6-2-3-7-14(13)16/h2-10H,11,18H2,1H3. The second-order valence-corrected chi connectivity index (χ2v) is 4.66. The maximum atomic E-state index is 5.99. The summed E-state index contributed by atoms with van der Waals surface area (Å²) in [6, 6.07) is 15.5. The van der Waals surface area contributed by atoms with Gasteiger partial charge in [-0.1, -0.05) is 24.3 Å². The Balaban J connectivity index is 1.91. The first kappa shape index (κ1) is 13.2. The zero-order valence-electron chi connectivity index (χ0n) is 11.7. The molecule has 0 spiro atoms. The molecule has 0 aliphatic heterocycles. The first-order chi connectivity index (χ1) is 10.3. The number of ether oxygens (including phenoxy) is 2. The van der Waals surface area contributed by atoms with Crippen LogP contribution in [-0.4, -0.2) is 12.1 Å². The SMILES string of the molecule is COc1ncccc1COc1ccc(N)c2ccccc12. The third-order valence-electron chi connectivity index (χ3n) is 3.34. The van der Waals surface area contributed by atoms with Crippen LogP contribution >= 0.6 is 0 Å². The van der Waals surface area contributed by atoms with Crippen LogP contribution in [0.1, 0.15) is 5.56 Å². The summed E-state index contributed by atoms with van der Waals surface area (Å²) in [6.07, 6.45) is 1.70. The molecular formula is C17H16N2O2. The van der Waals surface area contributed by atoms with E-state index >= 15 is 0 Å². The van der Waals surface area contributed by atoms with Gasteiger partial charge in [0.15, 0.2) is 0 Å². The van der Waals surface area contributed by atoms with E-state index in [1.807, 2.05) is 48.5 Å². The summed E-state index contributed by atoms with van der Waals surface area (Å²) in [7, 11) is 1.60. The van der Waals surface area contributed by atoms with Gasteiger partial charge >= 0.3 is 0 Å². The normalized spacial score (nSPS) is 10.5. The lowest BCUT2D eigenvalue weighted by atomic mass is 10.1. The van der Waals surface area contributed by atoms with Crippen LogP contribution in [0.2, 0.25) is 0 Å². The van der Waals surface area contributed by atoms with E-state index in [1.165, 1.54) is 0 Å². The Morgan fingerprint density at radius 3 is 2.62 bits per heavy atom. The highest BCUT2D eigenvalue weighted by atomic mass is 16.5. The molecule has 0 aliphatic rings. The number of hydrogen-bond donors (Lipinski definition) is 1. The molecule has 0 unspecified atom stereocenters. The molecular weight excluding hydrogens is 264 g/mol. The molecule has 0 amide bonds. The van der Waals surface area contributed by atoms with Crippen molar-refractivity contribution < 1.29 is 9.47 Å². The van der Waals surface area contributed by atoms with E-state index in [9.17, 15) is 0 Å². The fraction of sp³-hybridized carbons (Fsp3) is 0.118. The molecule has 0 saturated heterocycles. The highest BCUT2D eigenvalue weighted by molar-refractivity contribution is 5.96. The fourth-order valence-electron chi connectivity index (χ4n) is 2.29. The number of benzene rings is 2. The van der Waals surface area contributed by atoms with Crippen LogP contribution in [0.4, 0.5) is 5.69 Å². The summed E-state index contributed by atoms with van der Waals surface area (Å²) in [5.41, 5.74) is 7.64. The second-order valence-electron chi connectivity index (χ2n) is 4.66. The number of fused-ring (bicyclic) bond motifs is 1. The van der Waals surface area contributed by atoms with Crippen LogP contribution < -0.4 is 15.2 Å². The highest BCUT2D eigenvalue weighted by Gasteiger charge is 2.07. The Labute approximate surface area is 123 Å². The van der Waals surface area contributed by atoms with Gasteiger partial charge in [-0.2, -0.15) is 0 Å². The number of rotatable bonds is 4. The maximum Gasteiger partial charge on any atom is 0.219 e. The van der Waals surface area contributed by atoms with E-state index in [0.29, 0.717) is 12.5 Å². The average Bonchev–Trinajstić information content (AvgIpc) is 2.55.